The first-order chi connectivity index (χ1) is 15.6. The highest BCUT2D eigenvalue weighted by Crippen LogP contribution is 2.36. The van der Waals surface area contributed by atoms with Gasteiger partial charge in [-0.05, 0) is 28.8 Å². The van der Waals surface area contributed by atoms with E-state index in [0.717, 1.165) is 38.7 Å². The van der Waals surface area contributed by atoms with E-state index in [-0.39, 0.29) is 6.04 Å². The van der Waals surface area contributed by atoms with Crippen LogP contribution < -0.4 is 5.32 Å². The number of aliphatic hydroxyl groups excluding tert-OH is 1. The van der Waals surface area contributed by atoms with Crippen molar-refractivity contribution in [1.82, 2.24) is 24.3 Å². The number of aryl methyl sites for hydroxylation is 1. The van der Waals surface area contributed by atoms with Gasteiger partial charge >= 0.3 is 0 Å². The summed E-state index contributed by atoms with van der Waals surface area (Å²) in [6.45, 7) is 0.735. The Hall–Kier alpha value is -3.49. The van der Waals surface area contributed by atoms with Crippen LogP contribution in [0.1, 0.15) is 22.7 Å². The normalized spacial score (nSPS) is 17.7. The quantitative estimate of drug-likeness (QED) is 0.430. The van der Waals surface area contributed by atoms with Gasteiger partial charge in [0, 0.05) is 38.0 Å². The molecule has 6 rings (SSSR count). The molecule has 0 radical (unpaired) electrons. The van der Waals surface area contributed by atoms with Crippen molar-refractivity contribution in [3.8, 4) is 11.3 Å². The minimum absolute atomic E-state index is 0.122. The number of rotatable bonds is 5. The fourth-order valence-corrected chi connectivity index (χ4v) is 5.34. The summed E-state index contributed by atoms with van der Waals surface area (Å²) < 4.78 is 4.98. The van der Waals surface area contributed by atoms with Crippen molar-refractivity contribution in [1.29, 1.82) is 0 Å². The summed E-state index contributed by atoms with van der Waals surface area (Å²) in [4.78, 5) is 9.26. The second kappa shape index (κ2) is 7.58. The molecule has 0 saturated carbocycles. The Kier molecular flexibility index (Phi) is 4.55. The first-order valence-electron chi connectivity index (χ1n) is 10.5. The standard InChI is InChI=1S/C24H22N6OS/c1-29-12-17(10-26-29)20-13-30(14-25-20)11-15-6-7-19-22(8-15)32-24(27-19)28-23-18-5-3-2-4-16(18)9-21(23)31/h2-8,10,12-14,21,23,31H,9,11H2,1H3,(H,27,28)/t21-,23-/m1/s1. The van der Waals surface area contributed by atoms with E-state index in [0.29, 0.717) is 6.42 Å². The smallest absolute Gasteiger partial charge is 0.184 e. The molecule has 3 heterocycles. The maximum Gasteiger partial charge on any atom is 0.184 e. The highest BCUT2D eigenvalue weighted by atomic mass is 32.1. The van der Waals surface area contributed by atoms with Crippen LogP contribution >= 0.6 is 11.3 Å². The number of thiazole rings is 1. The molecule has 5 aromatic rings. The molecule has 0 amide bonds. The van der Waals surface area contributed by atoms with Crippen molar-refractivity contribution >= 4 is 26.7 Å². The Bertz CT molecular complexity index is 1420. The molecule has 0 bridgehead atoms. The highest BCUT2D eigenvalue weighted by molar-refractivity contribution is 7.22. The van der Waals surface area contributed by atoms with Gasteiger partial charge in [0.2, 0.25) is 0 Å². The molecule has 32 heavy (non-hydrogen) atoms. The fourth-order valence-electron chi connectivity index (χ4n) is 4.37. The highest BCUT2D eigenvalue weighted by Gasteiger charge is 2.31. The lowest BCUT2D eigenvalue weighted by molar-refractivity contribution is 0.166. The monoisotopic (exact) mass is 442 g/mol. The van der Waals surface area contributed by atoms with Gasteiger partial charge in [-0.3, -0.25) is 4.68 Å². The fraction of sp³-hybridized carbons (Fsp3) is 0.208. The second-order valence-electron chi connectivity index (χ2n) is 8.25. The van der Waals surface area contributed by atoms with E-state index in [1.807, 2.05) is 44.1 Å². The minimum atomic E-state index is -0.440. The van der Waals surface area contributed by atoms with Gasteiger partial charge in [0.25, 0.3) is 0 Å². The van der Waals surface area contributed by atoms with E-state index in [4.69, 9.17) is 4.98 Å². The number of nitrogens with zero attached hydrogens (tertiary/aromatic N) is 5. The van der Waals surface area contributed by atoms with Crippen molar-refractivity contribution in [2.45, 2.75) is 25.1 Å². The van der Waals surface area contributed by atoms with Crippen molar-refractivity contribution in [2.75, 3.05) is 5.32 Å². The zero-order chi connectivity index (χ0) is 21.7. The molecule has 7 nitrogen and oxygen atoms in total. The van der Waals surface area contributed by atoms with Crippen molar-refractivity contribution in [3.05, 3.63) is 84.1 Å². The third-order valence-electron chi connectivity index (χ3n) is 5.93. The van der Waals surface area contributed by atoms with E-state index in [9.17, 15) is 5.11 Å². The molecule has 0 unspecified atom stereocenters. The molecule has 2 N–H and O–H groups in total. The van der Waals surface area contributed by atoms with Gasteiger partial charge in [0.05, 0.1) is 40.6 Å². The van der Waals surface area contributed by atoms with Gasteiger partial charge in [-0.2, -0.15) is 5.10 Å². The summed E-state index contributed by atoms with van der Waals surface area (Å²) in [5.41, 5.74) is 6.43. The molecule has 0 fully saturated rings. The molecule has 160 valence electrons. The predicted molar refractivity (Wildman–Crippen MR) is 126 cm³/mol. The lowest BCUT2D eigenvalue weighted by Gasteiger charge is -2.16. The third kappa shape index (κ3) is 3.47. The van der Waals surface area contributed by atoms with Crippen molar-refractivity contribution < 1.29 is 5.11 Å². The van der Waals surface area contributed by atoms with Crippen LogP contribution in [0.15, 0.2) is 67.4 Å². The van der Waals surface area contributed by atoms with Crippen LogP contribution in [-0.4, -0.2) is 35.5 Å². The van der Waals surface area contributed by atoms with E-state index in [2.05, 4.69) is 50.3 Å². The predicted octanol–water partition coefficient (Wildman–Crippen LogP) is 4.01. The second-order valence-corrected chi connectivity index (χ2v) is 9.28. The SMILES string of the molecule is Cn1cc(-c2cn(Cc3ccc4nc(N[C@@H]5c6ccccc6C[C@H]5O)sc4c3)cn2)cn1. The number of fused-ring (bicyclic) bond motifs is 2. The summed E-state index contributed by atoms with van der Waals surface area (Å²) in [5, 5.41) is 19.1. The Balaban J connectivity index is 1.22. The van der Waals surface area contributed by atoms with E-state index in [1.54, 1.807) is 16.0 Å². The molecule has 3 aromatic heterocycles. The van der Waals surface area contributed by atoms with Crippen LogP contribution in [0.4, 0.5) is 5.13 Å². The molecule has 8 heteroatoms. The number of nitrogens with one attached hydrogen (secondary N) is 1. The molecular formula is C24H22N6OS. The van der Waals surface area contributed by atoms with E-state index >= 15 is 0 Å². The van der Waals surface area contributed by atoms with E-state index in [1.165, 1.54) is 11.1 Å². The Labute approximate surface area is 189 Å². The Morgan fingerprint density at radius 2 is 2.09 bits per heavy atom. The van der Waals surface area contributed by atoms with Crippen LogP contribution in [0.3, 0.4) is 0 Å². The van der Waals surface area contributed by atoms with Crippen molar-refractivity contribution in [3.63, 3.8) is 0 Å². The summed E-state index contributed by atoms with van der Waals surface area (Å²) in [6, 6.07) is 14.4. The molecule has 1 aliphatic rings. The minimum Gasteiger partial charge on any atom is -0.390 e. The number of aliphatic hydroxyl groups is 1. The molecule has 2 aromatic carbocycles. The average Bonchev–Trinajstić information content (AvgIpc) is 3.55. The lowest BCUT2D eigenvalue weighted by Crippen LogP contribution is -2.20. The first kappa shape index (κ1) is 19.2. The van der Waals surface area contributed by atoms with Crippen LogP contribution in [0.2, 0.25) is 0 Å². The number of aromatic nitrogens is 5. The number of anilines is 1. The number of hydrogen-bond donors (Lipinski definition) is 2. The largest absolute Gasteiger partial charge is 0.390 e. The third-order valence-corrected chi connectivity index (χ3v) is 6.88. The molecule has 2 atom stereocenters. The van der Waals surface area contributed by atoms with Crippen LogP contribution in [0.25, 0.3) is 21.5 Å². The average molecular weight is 443 g/mol. The van der Waals surface area contributed by atoms with Gasteiger partial charge < -0.3 is 15.0 Å². The van der Waals surface area contributed by atoms with Crippen LogP contribution in [0, 0.1) is 0 Å². The molecule has 0 saturated heterocycles. The first-order valence-corrected chi connectivity index (χ1v) is 11.4. The van der Waals surface area contributed by atoms with Crippen LogP contribution in [-0.2, 0) is 20.0 Å². The summed E-state index contributed by atoms with van der Waals surface area (Å²) in [7, 11) is 1.90. The summed E-state index contributed by atoms with van der Waals surface area (Å²) in [6.07, 6.45) is 7.92. The molecule has 0 spiro atoms. The zero-order valence-corrected chi connectivity index (χ0v) is 18.3. The van der Waals surface area contributed by atoms with Gasteiger partial charge in [-0.25, -0.2) is 9.97 Å². The number of imidazole rings is 1. The van der Waals surface area contributed by atoms with Gasteiger partial charge in [0.15, 0.2) is 5.13 Å². The van der Waals surface area contributed by atoms with Crippen molar-refractivity contribution in [2.24, 2.45) is 7.05 Å². The maximum atomic E-state index is 10.5. The Morgan fingerprint density at radius 3 is 2.97 bits per heavy atom. The summed E-state index contributed by atoms with van der Waals surface area (Å²) in [5.74, 6) is 0. The van der Waals surface area contributed by atoms with Gasteiger partial charge in [0.1, 0.15) is 0 Å². The zero-order valence-electron chi connectivity index (χ0n) is 17.5. The maximum absolute atomic E-state index is 10.5. The molecule has 1 aliphatic carbocycles. The Morgan fingerprint density at radius 1 is 1.19 bits per heavy atom. The van der Waals surface area contributed by atoms with Crippen LogP contribution in [0.5, 0.6) is 0 Å². The topological polar surface area (TPSA) is 80.8 Å². The molecular weight excluding hydrogens is 420 g/mol. The van der Waals surface area contributed by atoms with E-state index < -0.39 is 6.10 Å². The number of hydrogen-bond acceptors (Lipinski definition) is 6. The number of benzene rings is 2. The van der Waals surface area contributed by atoms with Gasteiger partial charge in [-0.1, -0.05) is 41.7 Å². The lowest BCUT2D eigenvalue weighted by atomic mass is 10.1. The summed E-state index contributed by atoms with van der Waals surface area (Å²) >= 11 is 1.62. The molecule has 0 aliphatic heterocycles. The van der Waals surface area contributed by atoms with Gasteiger partial charge in [-0.15, -0.1) is 0 Å².